The van der Waals surface area contributed by atoms with Crippen LogP contribution in [0.2, 0.25) is 0 Å². The normalized spacial score (nSPS) is 10.0. The van der Waals surface area contributed by atoms with Crippen molar-refractivity contribution in [1.82, 2.24) is 0 Å². The molecule has 1 aromatic carbocycles. The van der Waals surface area contributed by atoms with Crippen LogP contribution in [0.4, 0.5) is 11.4 Å². The highest BCUT2D eigenvalue weighted by Gasteiger charge is 2.15. The molecule has 0 N–H and O–H groups in total. The van der Waals surface area contributed by atoms with E-state index in [4.69, 9.17) is 0 Å². The molecule has 0 saturated heterocycles. The minimum absolute atomic E-state index is 1.34. The van der Waals surface area contributed by atoms with Gasteiger partial charge in [0.1, 0.15) is 31.4 Å². The van der Waals surface area contributed by atoms with E-state index in [0.29, 0.717) is 0 Å². The van der Waals surface area contributed by atoms with Crippen molar-refractivity contribution < 1.29 is 0 Å². The third kappa shape index (κ3) is 2.07. The topological polar surface area (TPSA) is 6.48 Å². The van der Waals surface area contributed by atoms with Crippen molar-refractivity contribution >= 4 is 96.5 Å². The predicted molar refractivity (Wildman–Crippen MR) is 98.3 cm³/mol. The molecule has 16 heavy (non-hydrogen) atoms. The monoisotopic (exact) mass is 204 g/mol. The summed E-state index contributed by atoms with van der Waals surface area (Å²) in [6, 6.07) is 0. The number of benzene rings is 1. The van der Waals surface area contributed by atoms with Crippen LogP contribution in [-0.4, -0.2) is 63.3 Å². The Labute approximate surface area is 106 Å². The molecule has 0 atom stereocenters. The van der Waals surface area contributed by atoms with Crippen LogP contribution in [0, 0.1) is 0 Å². The van der Waals surface area contributed by atoms with Gasteiger partial charge in [-0.3, -0.25) is 0 Å². The number of hydrogen-bond donors (Lipinski definition) is 0. The largest absolute Gasteiger partial charge is 0.471 e. The van der Waals surface area contributed by atoms with E-state index in [9.17, 15) is 0 Å². The van der Waals surface area contributed by atoms with Crippen molar-refractivity contribution in [1.29, 1.82) is 0 Å². The van der Waals surface area contributed by atoms with Gasteiger partial charge in [0.05, 0.1) is 0 Å². The molecular formula is C6H16B8N2. The highest BCUT2D eigenvalue weighted by atomic mass is 15.0. The lowest BCUT2D eigenvalue weighted by atomic mass is 9.64. The van der Waals surface area contributed by atoms with Crippen LogP contribution in [0.3, 0.4) is 0 Å². The smallest absolute Gasteiger partial charge is 0.202 e. The Bertz CT molecular complexity index is 379. The Morgan fingerprint density at radius 1 is 0.500 bits per heavy atom. The van der Waals surface area contributed by atoms with Crippen LogP contribution >= 0.6 is 0 Å². The first-order chi connectivity index (χ1) is 7.29. The van der Waals surface area contributed by atoms with Crippen LogP contribution in [0.25, 0.3) is 0 Å². The Kier molecular flexibility index (Phi) is 3.92. The molecule has 0 aromatic heterocycles. The standard InChI is InChI=1S/C6H16B8N2/c7-1-2(8)4(10)6(16(13)14)5(3(1)9)15(11)12/h7-14H2. The maximum absolute atomic E-state index is 2.21. The van der Waals surface area contributed by atoms with Gasteiger partial charge in [0, 0.05) is 11.4 Å². The molecule has 0 fully saturated rings. The first-order valence-corrected chi connectivity index (χ1v) is 5.74. The molecular weight excluding hydrogens is 187 g/mol. The summed E-state index contributed by atoms with van der Waals surface area (Å²) in [6.45, 7) is 0. The SMILES string of the molecule is Bc1c(B)c(B)c(N(B)B)c(N(B)B)c1B. The fourth-order valence-corrected chi connectivity index (χ4v) is 2.37. The highest BCUT2D eigenvalue weighted by molar-refractivity contribution is 6.67. The van der Waals surface area contributed by atoms with Gasteiger partial charge in [-0.1, -0.05) is 21.9 Å². The van der Waals surface area contributed by atoms with Crippen molar-refractivity contribution in [3.63, 3.8) is 0 Å². The summed E-state index contributed by atoms with van der Waals surface area (Å²) in [5.41, 5.74) is 8.27. The fourth-order valence-electron chi connectivity index (χ4n) is 2.37. The molecule has 0 bridgehead atoms. The highest BCUT2D eigenvalue weighted by Crippen LogP contribution is 2.18. The van der Waals surface area contributed by atoms with Gasteiger partial charge in [0.25, 0.3) is 0 Å². The number of rotatable bonds is 2. The van der Waals surface area contributed by atoms with E-state index in [1.807, 2.05) is 0 Å². The molecule has 74 valence electrons. The zero-order valence-corrected chi connectivity index (χ0v) is 11.9. The number of nitrogens with zero attached hydrogens (tertiary/aromatic N) is 2. The van der Waals surface area contributed by atoms with Crippen molar-refractivity contribution in [2.45, 2.75) is 0 Å². The summed E-state index contributed by atoms with van der Waals surface area (Å²) < 4.78 is 4.42. The summed E-state index contributed by atoms with van der Waals surface area (Å²) in [5.74, 6) is 0. The molecule has 0 saturated carbocycles. The summed E-state index contributed by atoms with van der Waals surface area (Å²) in [7, 11) is 17.3. The van der Waals surface area contributed by atoms with E-state index in [0.717, 1.165) is 0 Å². The van der Waals surface area contributed by atoms with E-state index in [2.05, 4.69) is 72.8 Å². The van der Waals surface area contributed by atoms with Crippen LogP contribution in [0.15, 0.2) is 0 Å². The van der Waals surface area contributed by atoms with E-state index < -0.39 is 0 Å². The third-order valence-corrected chi connectivity index (χ3v) is 3.52. The molecule has 0 radical (unpaired) electrons. The molecule has 1 aromatic rings. The van der Waals surface area contributed by atoms with Gasteiger partial charge >= 0.3 is 0 Å². The van der Waals surface area contributed by atoms with Crippen molar-refractivity contribution in [2.24, 2.45) is 0 Å². The van der Waals surface area contributed by atoms with Crippen molar-refractivity contribution in [3.8, 4) is 0 Å². The summed E-state index contributed by atoms with van der Waals surface area (Å²) >= 11 is 0. The summed E-state index contributed by atoms with van der Waals surface area (Å²) in [4.78, 5) is 0. The van der Waals surface area contributed by atoms with Gasteiger partial charge in [-0.15, -0.1) is 0 Å². The van der Waals surface area contributed by atoms with E-state index in [1.54, 1.807) is 0 Å². The molecule has 0 aliphatic heterocycles. The number of anilines is 2. The fraction of sp³-hybridized carbons (Fsp3) is 0. The minimum Gasteiger partial charge on any atom is -0.471 e. The second-order valence-electron chi connectivity index (χ2n) is 4.99. The quantitative estimate of drug-likeness (QED) is 0.440. The van der Waals surface area contributed by atoms with Gasteiger partial charge < -0.3 is 9.44 Å². The van der Waals surface area contributed by atoms with Gasteiger partial charge in [-0.25, -0.2) is 0 Å². The zero-order chi connectivity index (χ0) is 12.6. The van der Waals surface area contributed by atoms with Gasteiger partial charge in [0.15, 0.2) is 0 Å². The van der Waals surface area contributed by atoms with E-state index >= 15 is 0 Å². The van der Waals surface area contributed by atoms with Gasteiger partial charge in [-0.05, 0) is 0 Å². The van der Waals surface area contributed by atoms with E-state index in [1.165, 1.54) is 33.2 Å². The Morgan fingerprint density at radius 2 is 0.750 bits per heavy atom. The molecule has 2 nitrogen and oxygen atoms in total. The third-order valence-electron chi connectivity index (χ3n) is 3.52. The zero-order valence-electron chi connectivity index (χ0n) is 11.9. The lowest BCUT2D eigenvalue weighted by Crippen LogP contribution is -2.51. The second-order valence-corrected chi connectivity index (χ2v) is 4.99. The molecule has 0 amide bonds. The number of hydrogen-bond acceptors (Lipinski definition) is 2. The van der Waals surface area contributed by atoms with Gasteiger partial charge in [0.2, 0.25) is 31.9 Å². The Morgan fingerprint density at radius 3 is 0.938 bits per heavy atom. The predicted octanol–water partition coefficient (Wildman–Crippen LogP) is -9.47. The van der Waals surface area contributed by atoms with Crippen LogP contribution in [-0.2, 0) is 0 Å². The maximum Gasteiger partial charge on any atom is 0.202 e. The van der Waals surface area contributed by atoms with Crippen LogP contribution < -0.4 is 31.3 Å². The first kappa shape index (κ1) is 13.4. The molecule has 0 aliphatic rings. The molecule has 0 aliphatic carbocycles. The molecule has 0 unspecified atom stereocenters. The minimum atomic E-state index is 1.34. The molecule has 1 rings (SSSR count). The van der Waals surface area contributed by atoms with Crippen molar-refractivity contribution in [2.75, 3.05) is 9.44 Å². The van der Waals surface area contributed by atoms with Crippen LogP contribution in [0.5, 0.6) is 0 Å². The Balaban J connectivity index is 3.69. The first-order valence-electron chi connectivity index (χ1n) is 5.74. The lowest BCUT2D eigenvalue weighted by Gasteiger charge is -2.31. The second kappa shape index (κ2) is 4.68. The average Bonchev–Trinajstić information content (AvgIpc) is 2.18. The van der Waals surface area contributed by atoms with Crippen LogP contribution in [0.1, 0.15) is 0 Å². The summed E-state index contributed by atoms with van der Waals surface area (Å²) in [5, 5.41) is 0. The summed E-state index contributed by atoms with van der Waals surface area (Å²) in [6.07, 6.45) is 0. The average molecular weight is 203 g/mol. The van der Waals surface area contributed by atoms with Gasteiger partial charge in [-0.2, -0.15) is 0 Å². The van der Waals surface area contributed by atoms with Crippen molar-refractivity contribution in [3.05, 3.63) is 0 Å². The molecule has 10 heteroatoms. The maximum atomic E-state index is 2.21. The molecule has 0 spiro atoms. The lowest BCUT2D eigenvalue weighted by molar-refractivity contribution is 1.57. The van der Waals surface area contributed by atoms with E-state index in [-0.39, 0.29) is 0 Å². The Hall–Kier alpha value is -0.661. The molecule has 0 heterocycles.